The predicted octanol–water partition coefficient (Wildman–Crippen LogP) is 2.66. The zero-order valence-electron chi connectivity index (χ0n) is 22.2. The van der Waals surface area contributed by atoms with Crippen LogP contribution in [0.5, 0.6) is 0 Å². The summed E-state index contributed by atoms with van der Waals surface area (Å²) in [5.74, 6) is -2.07. The molecule has 0 aromatic carbocycles. The van der Waals surface area contributed by atoms with Crippen LogP contribution in [-0.2, 0) is 25.5 Å². The summed E-state index contributed by atoms with van der Waals surface area (Å²) < 4.78 is 11.1. The summed E-state index contributed by atoms with van der Waals surface area (Å²) >= 11 is 0. The summed E-state index contributed by atoms with van der Waals surface area (Å²) in [4.78, 5) is 56.3. The highest BCUT2D eigenvalue weighted by Crippen LogP contribution is 2.24. The fourth-order valence-electron chi connectivity index (χ4n) is 4.22. The molecule has 2 aliphatic rings. The highest BCUT2D eigenvalue weighted by atomic mass is 16.5. The van der Waals surface area contributed by atoms with Crippen molar-refractivity contribution in [1.82, 2.24) is 15.2 Å². The molecule has 0 spiro atoms. The number of carbonyl (C=O) groups excluding carboxylic acids is 4. The second kappa shape index (κ2) is 13.1. The molecule has 2 amide bonds. The number of aliphatic hydroxyl groups excluding tert-OH is 1. The van der Waals surface area contributed by atoms with Gasteiger partial charge < -0.3 is 24.5 Å². The van der Waals surface area contributed by atoms with Crippen LogP contribution in [0.1, 0.15) is 56.9 Å². The van der Waals surface area contributed by atoms with Crippen molar-refractivity contribution in [3.63, 3.8) is 0 Å². The van der Waals surface area contributed by atoms with Crippen molar-refractivity contribution in [1.29, 1.82) is 0 Å². The Morgan fingerprint density at radius 2 is 1.89 bits per heavy atom. The zero-order chi connectivity index (χ0) is 27.8. The summed E-state index contributed by atoms with van der Waals surface area (Å²) in [6, 6.07) is 0. The Morgan fingerprint density at radius 3 is 2.63 bits per heavy atom. The number of ketones is 1. The van der Waals surface area contributed by atoms with E-state index in [0.717, 1.165) is 11.8 Å². The first-order valence-corrected chi connectivity index (χ1v) is 12.7. The lowest BCUT2D eigenvalue weighted by Crippen LogP contribution is -2.36. The molecule has 204 valence electrons. The van der Waals surface area contributed by atoms with Gasteiger partial charge in [0.2, 0.25) is 11.8 Å². The van der Waals surface area contributed by atoms with Gasteiger partial charge in [-0.1, -0.05) is 56.7 Å². The number of amides is 2. The number of Topliss-reactive ketones (excluding diaryl/α,β-unsaturated/α-hetero) is 1. The van der Waals surface area contributed by atoms with Gasteiger partial charge in [-0.2, -0.15) is 0 Å². The zero-order valence-corrected chi connectivity index (χ0v) is 22.2. The summed E-state index contributed by atoms with van der Waals surface area (Å²) in [6.07, 6.45) is 9.42. The third-order valence-corrected chi connectivity index (χ3v) is 6.24. The first kappa shape index (κ1) is 28.8. The first-order chi connectivity index (χ1) is 18.0. The molecule has 0 fully saturated rings. The summed E-state index contributed by atoms with van der Waals surface area (Å²) in [5.41, 5.74) is 0.881. The van der Waals surface area contributed by atoms with E-state index in [1.54, 1.807) is 24.3 Å². The predicted molar refractivity (Wildman–Crippen MR) is 139 cm³/mol. The van der Waals surface area contributed by atoms with Crippen LogP contribution in [0.15, 0.2) is 58.4 Å². The number of rotatable bonds is 1. The van der Waals surface area contributed by atoms with Crippen molar-refractivity contribution in [2.45, 2.75) is 59.2 Å². The molecular weight excluding hydrogens is 490 g/mol. The van der Waals surface area contributed by atoms with Crippen LogP contribution in [-0.4, -0.2) is 63.9 Å². The van der Waals surface area contributed by atoms with E-state index in [0.29, 0.717) is 6.42 Å². The minimum Gasteiger partial charge on any atom is -0.457 e. The number of nitrogens with one attached hydrogen (secondary N) is 1. The van der Waals surface area contributed by atoms with Gasteiger partial charge >= 0.3 is 5.97 Å². The van der Waals surface area contributed by atoms with Gasteiger partial charge in [-0.3, -0.25) is 14.4 Å². The average Bonchev–Trinajstić information content (AvgIpc) is 3.53. The number of hydrogen-bond donors (Lipinski definition) is 2. The van der Waals surface area contributed by atoms with E-state index >= 15 is 0 Å². The highest BCUT2D eigenvalue weighted by Gasteiger charge is 2.33. The van der Waals surface area contributed by atoms with Crippen molar-refractivity contribution in [2.24, 2.45) is 11.8 Å². The van der Waals surface area contributed by atoms with Gasteiger partial charge in [0, 0.05) is 25.4 Å². The van der Waals surface area contributed by atoms with Crippen molar-refractivity contribution < 1.29 is 33.4 Å². The van der Waals surface area contributed by atoms with E-state index in [1.165, 1.54) is 17.1 Å². The molecule has 1 aromatic rings. The largest absolute Gasteiger partial charge is 0.457 e. The normalized spacial score (nSPS) is 27.6. The quantitative estimate of drug-likeness (QED) is 0.534. The molecule has 2 aliphatic heterocycles. The van der Waals surface area contributed by atoms with Crippen LogP contribution in [0, 0.1) is 11.8 Å². The fraction of sp³-hybridized carbons (Fsp3) is 0.464. The molecule has 0 aliphatic carbocycles. The van der Waals surface area contributed by atoms with Crippen LogP contribution < -0.4 is 5.32 Å². The molecule has 3 rings (SSSR count). The number of fused-ring (bicyclic) bond motifs is 3. The summed E-state index contributed by atoms with van der Waals surface area (Å²) in [5, 5.41) is 12.9. The average molecular weight is 526 g/mol. The monoisotopic (exact) mass is 525 g/mol. The fourth-order valence-corrected chi connectivity index (χ4v) is 4.22. The Kier molecular flexibility index (Phi) is 9.95. The van der Waals surface area contributed by atoms with E-state index in [9.17, 15) is 24.3 Å². The summed E-state index contributed by atoms with van der Waals surface area (Å²) in [6.45, 7) is 8.04. The van der Waals surface area contributed by atoms with Crippen LogP contribution in [0.4, 0.5) is 0 Å². The van der Waals surface area contributed by atoms with Gasteiger partial charge in [0.05, 0.1) is 12.5 Å². The maximum Gasteiger partial charge on any atom is 0.355 e. The molecule has 1 aromatic heterocycles. The van der Waals surface area contributed by atoms with Gasteiger partial charge in [-0.25, -0.2) is 9.78 Å². The molecule has 2 N–H and O–H groups in total. The number of oxazole rings is 1. The minimum absolute atomic E-state index is 0.0317. The number of ether oxygens (including phenoxy) is 1. The molecule has 38 heavy (non-hydrogen) atoms. The number of aromatic nitrogens is 1. The Hall–Kier alpha value is -3.79. The topological polar surface area (TPSA) is 139 Å². The molecule has 10 heteroatoms. The second-order valence-corrected chi connectivity index (χ2v) is 9.83. The summed E-state index contributed by atoms with van der Waals surface area (Å²) in [7, 11) is 0. The van der Waals surface area contributed by atoms with Gasteiger partial charge in [-0.05, 0) is 25.3 Å². The van der Waals surface area contributed by atoms with Gasteiger partial charge in [0.25, 0.3) is 5.91 Å². The van der Waals surface area contributed by atoms with E-state index in [1.807, 2.05) is 27.7 Å². The number of carbonyl (C=O) groups is 4. The number of esters is 1. The SMILES string of the molecule is CC1=C/CNC(=O)/C=C\[C@@H](C)[C@@H](C(C)C)OC(=O)C2=CCCN2C(=O)c2coc(n2)CC(=O)C[C@H](O)/C=C\1. The molecule has 0 radical (unpaired) electrons. The second-order valence-electron chi connectivity index (χ2n) is 9.83. The maximum atomic E-state index is 13.1. The molecule has 0 saturated heterocycles. The molecule has 3 atom stereocenters. The lowest BCUT2D eigenvalue weighted by molar-refractivity contribution is -0.149. The number of nitrogens with zero attached hydrogens (tertiary/aromatic N) is 2. The van der Waals surface area contributed by atoms with Gasteiger partial charge in [0.15, 0.2) is 5.69 Å². The van der Waals surface area contributed by atoms with E-state index < -0.39 is 24.1 Å². The third-order valence-electron chi connectivity index (χ3n) is 6.24. The van der Waals surface area contributed by atoms with E-state index in [2.05, 4.69) is 10.3 Å². The third kappa shape index (κ3) is 7.85. The van der Waals surface area contributed by atoms with Crippen LogP contribution in [0.25, 0.3) is 0 Å². The van der Waals surface area contributed by atoms with Crippen LogP contribution in [0.3, 0.4) is 0 Å². The number of aliphatic hydroxyl groups is 1. The number of hydrogen-bond acceptors (Lipinski definition) is 8. The molecule has 10 nitrogen and oxygen atoms in total. The molecule has 3 heterocycles. The Bertz CT molecular complexity index is 1170. The van der Waals surface area contributed by atoms with Crippen LogP contribution >= 0.6 is 0 Å². The number of allylic oxidation sites excluding steroid dienone is 2. The lowest BCUT2D eigenvalue weighted by Gasteiger charge is -2.27. The van der Waals surface area contributed by atoms with E-state index in [-0.39, 0.29) is 66.7 Å². The first-order valence-electron chi connectivity index (χ1n) is 12.7. The Balaban J connectivity index is 1.86. The molecule has 0 saturated carbocycles. The molecular formula is C28H35N3O7. The van der Waals surface area contributed by atoms with Crippen molar-refractivity contribution in [2.75, 3.05) is 13.1 Å². The molecule has 2 bridgehead atoms. The lowest BCUT2D eigenvalue weighted by atomic mass is 9.94. The van der Waals surface area contributed by atoms with Gasteiger partial charge in [-0.15, -0.1) is 0 Å². The van der Waals surface area contributed by atoms with Crippen molar-refractivity contribution in [3.05, 3.63) is 65.6 Å². The van der Waals surface area contributed by atoms with Gasteiger partial charge in [0.1, 0.15) is 23.8 Å². The molecule has 0 unspecified atom stereocenters. The Morgan fingerprint density at radius 1 is 1.13 bits per heavy atom. The highest BCUT2D eigenvalue weighted by molar-refractivity contribution is 6.00. The number of cyclic esters (lactones) is 1. The van der Waals surface area contributed by atoms with Crippen LogP contribution in [0.2, 0.25) is 0 Å². The van der Waals surface area contributed by atoms with E-state index in [4.69, 9.17) is 9.15 Å². The van der Waals surface area contributed by atoms with Crippen molar-refractivity contribution >= 4 is 23.6 Å². The van der Waals surface area contributed by atoms with Crippen molar-refractivity contribution in [3.8, 4) is 0 Å². The maximum absolute atomic E-state index is 13.1. The minimum atomic E-state index is -1.01. The standard InChI is InChI=1S/C28H35N3O7/c1-17(2)26-19(4)8-10-24(34)29-12-11-18(3)7-9-20(32)14-21(33)15-25-30-22(16-37-25)27(35)31-13-5-6-23(31)28(36)38-26/h6-11,16-17,19-20,26,32H,5,12-15H2,1-4H3,(H,29,34)/b9-7-,10-8-,18-11-/t19-,20-,26-/m1/s1. The Labute approximate surface area is 222 Å². The smallest absolute Gasteiger partial charge is 0.355 e.